The Morgan fingerprint density at radius 1 is 1.28 bits per heavy atom. The van der Waals surface area contributed by atoms with Crippen molar-refractivity contribution in [3.63, 3.8) is 0 Å². The highest BCUT2D eigenvalue weighted by Gasteiger charge is 2.30. The highest BCUT2D eigenvalue weighted by Crippen LogP contribution is 2.36. The number of nitrogens with one attached hydrogen (secondary N) is 1. The fourth-order valence-corrected chi connectivity index (χ4v) is 4.91. The lowest BCUT2D eigenvalue weighted by atomic mass is 9.90. The summed E-state index contributed by atoms with van der Waals surface area (Å²) in [5, 5.41) is 1.88. The smallest absolute Gasteiger partial charge is 0.249 e. The van der Waals surface area contributed by atoms with Gasteiger partial charge in [-0.1, -0.05) is 23.7 Å². The molecular weight excluding hydrogens is 429 g/mol. The molecule has 0 unspecified atom stereocenters. The van der Waals surface area contributed by atoms with Crippen LogP contribution in [0.4, 0.5) is 4.39 Å². The Hall–Kier alpha value is -2.99. The molecule has 0 atom stereocenters. The van der Waals surface area contributed by atoms with E-state index >= 15 is 0 Å². The maximum Gasteiger partial charge on any atom is 0.249 e. The van der Waals surface area contributed by atoms with Gasteiger partial charge in [-0.25, -0.2) is 4.39 Å². The number of ether oxygens (including phenoxy) is 1. The highest BCUT2D eigenvalue weighted by molar-refractivity contribution is 6.35. The van der Waals surface area contributed by atoms with Gasteiger partial charge in [-0.3, -0.25) is 4.79 Å². The number of nitrogens with two attached hydrogens (primary N) is 1. The van der Waals surface area contributed by atoms with Crippen LogP contribution in [0.2, 0.25) is 5.02 Å². The average molecular weight is 454 g/mol. The zero-order chi connectivity index (χ0) is 22.2. The predicted octanol–water partition coefficient (Wildman–Crippen LogP) is 5.28. The molecule has 32 heavy (non-hydrogen) atoms. The van der Waals surface area contributed by atoms with Gasteiger partial charge < -0.3 is 20.4 Å². The van der Waals surface area contributed by atoms with E-state index in [1.165, 1.54) is 24.1 Å². The van der Waals surface area contributed by atoms with Gasteiger partial charge in [0.25, 0.3) is 0 Å². The first-order valence-corrected chi connectivity index (χ1v) is 11.4. The molecule has 0 bridgehead atoms. The third-order valence-corrected chi connectivity index (χ3v) is 6.88. The van der Waals surface area contributed by atoms with Crippen LogP contribution >= 0.6 is 11.6 Å². The highest BCUT2D eigenvalue weighted by atomic mass is 35.5. The number of nitrogens with zero attached hydrogens (tertiary/aromatic N) is 1. The topological polar surface area (TPSA) is 71.4 Å². The van der Waals surface area contributed by atoms with Crippen molar-refractivity contribution in [1.82, 2.24) is 9.88 Å². The molecule has 0 radical (unpaired) electrons. The van der Waals surface area contributed by atoms with Gasteiger partial charge in [0, 0.05) is 29.7 Å². The monoisotopic (exact) mass is 453 g/mol. The molecule has 1 saturated carbocycles. The van der Waals surface area contributed by atoms with E-state index in [9.17, 15) is 9.18 Å². The van der Waals surface area contributed by atoms with E-state index in [0.29, 0.717) is 11.6 Å². The number of aromatic nitrogens is 1. The Bertz CT molecular complexity index is 1220. The van der Waals surface area contributed by atoms with Crippen LogP contribution in [0.15, 0.2) is 42.2 Å². The number of aryl methyl sites for hydroxylation is 1. The summed E-state index contributed by atoms with van der Waals surface area (Å²) < 4.78 is 20.0. The van der Waals surface area contributed by atoms with Gasteiger partial charge in [0.1, 0.15) is 6.61 Å². The molecule has 7 heteroatoms. The summed E-state index contributed by atoms with van der Waals surface area (Å²) in [5.41, 5.74) is 9.43. The maximum absolute atomic E-state index is 14.3. The molecule has 1 amide bonds. The fourth-order valence-electron chi connectivity index (χ4n) is 4.68. The number of carbonyl (C=O) groups is 1. The first-order chi connectivity index (χ1) is 15.5. The summed E-state index contributed by atoms with van der Waals surface area (Å²) in [5.74, 6) is -0.960. The molecule has 166 valence electrons. The standard InChI is InChI=1S/C25H25ClFN3O2/c26-21-8-2-7-18-15(13-29-23(18)21)4-3-11-30(16-5-1-6-16)17-12-20-19(25(28)31)9-10-22(27)24(20)32-14-17/h2,7-10,12-13,16,29H,1,3-6,11,14H2,(H2,28,31). The van der Waals surface area contributed by atoms with E-state index in [0.717, 1.165) is 53.9 Å². The number of amides is 1. The third-order valence-electron chi connectivity index (χ3n) is 6.57. The Balaban J connectivity index is 1.38. The molecule has 5 rings (SSSR count). The number of H-pyrrole nitrogens is 1. The molecule has 2 aromatic carbocycles. The Morgan fingerprint density at radius 2 is 2.12 bits per heavy atom. The predicted molar refractivity (Wildman–Crippen MR) is 124 cm³/mol. The molecule has 1 aromatic heterocycles. The van der Waals surface area contributed by atoms with E-state index in [-0.39, 0.29) is 17.9 Å². The van der Waals surface area contributed by atoms with Gasteiger partial charge in [0.15, 0.2) is 11.6 Å². The third kappa shape index (κ3) is 3.73. The van der Waals surface area contributed by atoms with E-state index in [2.05, 4.69) is 16.0 Å². The quantitative estimate of drug-likeness (QED) is 0.511. The number of benzene rings is 2. The van der Waals surface area contributed by atoms with Gasteiger partial charge in [0.2, 0.25) is 5.91 Å². The molecule has 5 nitrogen and oxygen atoms in total. The summed E-state index contributed by atoms with van der Waals surface area (Å²) in [6.07, 6.45) is 9.23. The molecule has 1 aliphatic heterocycles. The van der Waals surface area contributed by atoms with E-state index in [1.54, 1.807) is 0 Å². The van der Waals surface area contributed by atoms with Gasteiger partial charge in [-0.2, -0.15) is 0 Å². The number of para-hydroxylation sites is 1. The number of halogens is 2. The Kier molecular flexibility index (Phi) is 5.55. The maximum atomic E-state index is 14.3. The second-order valence-electron chi connectivity index (χ2n) is 8.48. The lowest BCUT2D eigenvalue weighted by Gasteiger charge is -2.41. The van der Waals surface area contributed by atoms with E-state index in [4.69, 9.17) is 22.1 Å². The number of aromatic amines is 1. The van der Waals surface area contributed by atoms with E-state index in [1.807, 2.05) is 24.4 Å². The van der Waals surface area contributed by atoms with Gasteiger partial charge in [-0.05, 0) is 61.9 Å². The van der Waals surface area contributed by atoms with Crippen LogP contribution in [0, 0.1) is 5.82 Å². The lowest BCUT2D eigenvalue weighted by Crippen LogP contribution is -2.42. The molecule has 3 aromatic rings. The number of carbonyl (C=O) groups excluding carboxylic acids is 1. The second kappa shape index (κ2) is 8.51. The molecule has 2 aliphatic rings. The Morgan fingerprint density at radius 3 is 2.88 bits per heavy atom. The minimum Gasteiger partial charge on any atom is -0.484 e. The van der Waals surface area contributed by atoms with Crippen molar-refractivity contribution in [1.29, 1.82) is 0 Å². The number of rotatable bonds is 7. The lowest BCUT2D eigenvalue weighted by molar-refractivity contribution is 0.0999. The normalized spacial score (nSPS) is 15.6. The van der Waals surface area contributed by atoms with Crippen molar-refractivity contribution in [3.8, 4) is 5.75 Å². The molecule has 0 spiro atoms. The van der Waals surface area contributed by atoms with Gasteiger partial charge in [0.05, 0.1) is 21.8 Å². The zero-order valence-electron chi connectivity index (χ0n) is 17.7. The summed E-state index contributed by atoms with van der Waals surface area (Å²) >= 11 is 6.29. The number of primary amides is 1. The molecule has 0 saturated heterocycles. The van der Waals surface area contributed by atoms with Crippen LogP contribution in [0.3, 0.4) is 0 Å². The summed E-state index contributed by atoms with van der Waals surface area (Å²) in [4.78, 5) is 17.5. The van der Waals surface area contributed by atoms with Gasteiger partial charge >= 0.3 is 0 Å². The van der Waals surface area contributed by atoms with Crippen LogP contribution in [0.5, 0.6) is 5.75 Å². The van der Waals surface area contributed by atoms with Crippen molar-refractivity contribution in [2.45, 2.75) is 38.1 Å². The molecule has 1 aliphatic carbocycles. The van der Waals surface area contributed by atoms with Crippen LogP contribution < -0.4 is 10.5 Å². The van der Waals surface area contributed by atoms with Crippen molar-refractivity contribution < 1.29 is 13.9 Å². The van der Waals surface area contributed by atoms with Crippen LogP contribution in [0.25, 0.3) is 17.0 Å². The van der Waals surface area contributed by atoms with Crippen molar-refractivity contribution in [3.05, 3.63) is 69.8 Å². The second-order valence-corrected chi connectivity index (χ2v) is 8.89. The van der Waals surface area contributed by atoms with Crippen molar-refractivity contribution >= 4 is 34.5 Å². The van der Waals surface area contributed by atoms with Crippen LogP contribution in [-0.4, -0.2) is 35.0 Å². The number of fused-ring (bicyclic) bond motifs is 2. The van der Waals surface area contributed by atoms with E-state index < -0.39 is 11.7 Å². The molecule has 2 heterocycles. The number of hydrogen-bond acceptors (Lipinski definition) is 3. The molecule has 3 N–H and O–H groups in total. The molecular formula is C25H25ClFN3O2. The summed E-state index contributed by atoms with van der Waals surface area (Å²) in [6.45, 7) is 1.13. The minimum atomic E-state index is -0.587. The molecule has 1 fully saturated rings. The number of hydrogen-bond donors (Lipinski definition) is 2. The van der Waals surface area contributed by atoms with Crippen LogP contribution in [0.1, 0.15) is 47.2 Å². The van der Waals surface area contributed by atoms with Crippen LogP contribution in [-0.2, 0) is 6.42 Å². The minimum absolute atomic E-state index is 0.106. The summed E-state index contributed by atoms with van der Waals surface area (Å²) in [6, 6.07) is 9.04. The first kappa shape index (κ1) is 20.9. The SMILES string of the molecule is NC(=O)c1ccc(F)c2c1C=C(N(CCCc1c[nH]c3c(Cl)cccc13)C1CCC1)CO2. The average Bonchev–Trinajstić information content (AvgIpc) is 3.16. The first-order valence-electron chi connectivity index (χ1n) is 11.0. The Labute approximate surface area is 191 Å². The van der Waals surface area contributed by atoms with Crippen molar-refractivity contribution in [2.24, 2.45) is 5.73 Å². The summed E-state index contributed by atoms with van der Waals surface area (Å²) in [7, 11) is 0. The van der Waals surface area contributed by atoms with Gasteiger partial charge in [-0.15, -0.1) is 0 Å². The largest absolute Gasteiger partial charge is 0.484 e. The van der Waals surface area contributed by atoms with Crippen molar-refractivity contribution in [2.75, 3.05) is 13.2 Å². The fraction of sp³-hybridized carbons (Fsp3) is 0.320. The zero-order valence-corrected chi connectivity index (χ0v) is 18.4.